The van der Waals surface area contributed by atoms with Crippen LogP contribution >= 0.6 is 0 Å². The van der Waals surface area contributed by atoms with Gasteiger partial charge in [0.25, 0.3) is 0 Å². The van der Waals surface area contributed by atoms with Gasteiger partial charge in [-0.2, -0.15) is 13.2 Å². The summed E-state index contributed by atoms with van der Waals surface area (Å²) in [5, 5.41) is 0. The first-order valence-electron chi connectivity index (χ1n) is 9.02. The molecule has 1 N–H and O–H groups in total. The third kappa shape index (κ3) is 7.17. The molecule has 9 heteroatoms. The van der Waals surface area contributed by atoms with Crippen LogP contribution in [-0.4, -0.2) is 27.5 Å². The maximum absolute atomic E-state index is 12.8. The molecule has 0 radical (unpaired) electrons. The molecule has 5 nitrogen and oxygen atoms in total. The number of carbonyl (C=O) groups is 1. The van der Waals surface area contributed by atoms with Crippen LogP contribution < -0.4 is 4.72 Å². The number of esters is 1. The van der Waals surface area contributed by atoms with Crippen molar-refractivity contribution in [2.75, 3.05) is 13.2 Å². The maximum Gasteiger partial charge on any atom is 0.416 e. The largest absolute Gasteiger partial charge is 0.466 e. The first-order valence-corrected chi connectivity index (χ1v) is 10.5. The quantitative estimate of drug-likeness (QED) is 0.617. The van der Waals surface area contributed by atoms with Crippen molar-refractivity contribution in [3.05, 3.63) is 65.2 Å². The van der Waals surface area contributed by atoms with Crippen LogP contribution in [0.25, 0.3) is 0 Å². The second kappa shape index (κ2) is 9.89. The lowest BCUT2D eigenvalue weighted by molar-refractivity contribution is -0.143. The van der Waals surface area contributed by atoms with E-state index in [1.807, 2.05) is 24.3 Å². The summed E-state index contributed by atoms with van der Waals surface area (Å²) in [5.74, 6) is -0.263. The number of sulfonamides is 1. The Labute approximate surface area is 167 Å². The highest BCUT2D eigenvalue weighted by molar-refractivity contribution is 7.89. The lowest BCUT2D eigenvalue weighted by Crippen LogP contribution is -2.26. The normalized spacial score (nSPS) is 12.0. The summed E-state index contributed by atoms with van der Waals surface area (Å²) >= 11 is 0. The van der Waals surface area contributed by atoms with Crippen molar-refractivity contribution in [2.45, 2.75) is 37.3 Å². The van der Waals surface area contributed by atoms with E-state index < -0.39 is 26.7 Å². The predicted molar refractivity (Wildman–Crippen MR) is 102 cm³/mol. The molecule has 0 saturated heterocycles. The number of aryl methyl sites for hydroxylation is 1. The molecule has 0 aliphatic carbocycles. The van der Waals surface area contributed by atoms with Gasteiger partial charge in [0.05, 0.1) is 17.1 Å². The molecule has 0 aliphatic rings. The number of hydrogen-bond donors (Lipinski definition) is 1. The van der Waals surface area contributed by atoms with Gasteiger partial charge < -0.3 is 4.74 Å². The van der Waals surface area contributed by atoms with Gasteiger partial charge in [-0.25, -0.2) is 13.1 Å². The van der Waals surface area contributed by atoms with Crippen LogP contribution in [0.3, 0.4) is 0 Å². The number of halogens is 3. The van der Waals surface area contributed by atoms with Crippen LogP contribution in [0.5, 0.6) is 0 Å². The summed E-state index contributed by atoms with van der Waals surface area (Å²) in [6.45, 7) is 2.13. The van der Waals surface area contributed by atoms with Crippen LogP contribution in [0, 0.1) is 0 Å². The van der Waals surface area contributed by atoms with Crippen molar-refractivity contribution >= 4 is 16.0 Å². The summed E-state index contributed by atoms with van der Waals surface area (Å²) in [7, 11) is -4.05. The van der Waals surface area contributed by atoms with Crippen LogP contribution in [0.1, 0.15) is 30.0 Å². The molecule has 2 aromatic carbocycles. The monoisotopic (exact) mass is 429 g/mol. The van der Waals surface area contributed by atoms with Crippen LogP contribution in [0.15, 0.2) is 53.4 Å². The van der Waals surface area contributed by atoms with E-state index in [0.29, 0.717) is 25.5 Å². The Kier molecular flexibility index (Phi) is 7.80. The fraction of sp³-hybridized carbons (Fsp3) is 0.350. The topological polar surface area (TPSA) is 72.5 Å². The molecule has 0 fully saturated rings. The molecule has 2 aromatic rings. The molecule has 158 valence electrons. The average Bonchev–Trinajstić information content (AvgIpc) is 2.67. The van der Waals surface area contributed by atoms with Crippen LogP contribution in [0.2, 0.25) is 0 Å². The van der Waals surface area contributed by atoms with Gasteiger partial charge in [-0.05, 0) is 49.1 Å². The minimum absolute atomic E-state index is 0.0424. The summed E-state index contributed by atoms with van der Waals surface area (Å²) in [5.41, 5.74) is 0.793. The van der Waals surface area contributed by atoms with Crippen LogP contribution in [-0.2, 0) is 38.6 Å². The number of nitrogens with one attached hydrogen (secondary N) is 1. The Morgan fingerprint density at radius 3 is 2.24 bits per heavy atom. The van der Waals surface area contributed by atoms with E-state index in [1.54, 1.807) is 6.92 Å². The molecule has 29 heavy (non-hydrogen) atoms. The first kappa shape index (κ1) is 22.9. The van der Waals surface area contributed by atoms with Gasteiger partial charge in [0.2, 0.25) is 10.0 Å². The standard InChI is InChI=1S/C20H22F3NO4S/c1-2-28-19(25)11-10-15-6-8-16(9-7-15)12-13-24-29(26,27)18-5-3-4-17(14-18)20(21,22)23/h3-9,14,24H,2,10-13H2,1H3. The minimum atomic E-state index is -4.61. The minimum Gasteiger partial charge on any atom is -0.466 e. The van der Waals surface area contributed by atoms with Crippen molar-refractivity contribution < 1.29 is 31.1 Å². The molecule has 0 aromatic heterocycles. The number of hydrogen-bond acceptors (Lipinski definition) is 4. The lowest BCUT2D eigenvalue weighted by Gasteiger charge is -2.10. The summed E-state index contributed by atoms with van der Waals surface area (Å²) in [6, 6.07) is 10.9. The molecule has 0 atom stereocenters. The maximum atomic E-state index is 12.8. The molecule has 2 rings (SSSR count). The van der Waals surface area contributed by atoms with Gasteiger partial charge in [0.1, 0.15) is 0 Å². The Balaban J connectivity index is 1.90. The third-order valence-electron chi connectivity index (χ3n) is 4.12. The van der Waals surface area contributed by atoms with Gasteiger partial charge >= 0.3 is 12.1 Å². The SMILES string of the molecule is CCOC(=O)CCc1ccc(CCNS(=O)(=O)c2cccc(C(F)(F)F)c2)cc1. The molecule has 0 unspecified atom stereocenters. The Hall–Kier alpha value is -2.39. The van der Waals surface area contributed by atoms with Crippen molar-refractivity contribution in [2.24, 2.45) is 0 Å². The fourth-order valence-corrected chi connectivity index (χ4v) is 3.68. The van der Waals surface area contributed by atoms with E-state index >= 15 is 0 Å². The van der Waals surface area contributed by atoms with Crippen molar-refractivity contribution in [1.29, 1.82) is 0 Å². The second-order valence-electron chi connectivity index (χ2n) is 6.29. The van der Waals surface area contributed by atoms with E-state index in [-0.39, 0.29) is 18.9 Å². The zero-order chi connectivity index (χ0) is 21.5. The number of rotatable bonds is 9. The molecule has 0 amide bonds. The van der Waals surface area contributed by atoms with E-state index in [9.17, 15) is 26.4 Å². The van der Waals surface area contributed by atoms with E-state index in [0.717, 1.165) is 29.3 Å². The number of benzene rings is 2. The van der Waals surface area contributed by atoms with E-state index in [2.05, 4.69) is 4.72 Å². The van der Waals surface area contributed by atoms with Gasteiger partial charge in [-0.3, -0.25) is 4.79 Å². The molecule has 0 bridgehead atoms. The lowest BCUT2D eigenvalue weighted by atomic mass is 10.1. The zero-order valence-corrected chi connectivity index (χ0v) is 16.6. The molecule has 0 spiro atoms. The molecular weight excluding hydrogens is 407 g/mol. The zero-order valence-electron chi connectivity index (χ0n) is 15.8. The van der Waals surface area contributed by atoms with Crippen molar-refractivity contribution in [3.63, 3.8) is 0 Å². The third-order valence-corrected chi connectivity index (χ3v) is 5.58. The van der Waals surface area contributed by atoms with Gasteiger partial charge in [0.15, 0.2) is 0 Å². The van der Waals surface area contributed by atoms with Gasteiger partial charge in [0, 0.05) is 13.0 Å². The highest BCUT2D eigenvalue weighted by Crippen LogP contribution is 2.30. The number of ether oxygens (including phenoxy) is 1. The molecule has 0 saturated carbocycles. The Morgan fingerprint density at radius 1 is 1.03 bits per heavy atom. The molecular formula is C20H22F3NO4S. The number of alkyl halides is 3. The first-order chi connectivity index (χ1) is 13.6. The van der Waals surface area contributed by atoms with Gasteiger partial charge in [-0.15, -0.1) is 0 Å². The van der Waals surface area contributed by atoms with Crippen LogP contribution in [0.4, 0.5) is 13.2 Å². The van der Waals surface area contributed by atoms with Gasteiger partial charge in [-0.1, -0.05) is 30.3 Å². The van der Waals surface area contributed by atoms with E-state index in [1.165, 1.54) is 0 Å². The van der Waals surface area contributed by atoms with E-state index in [4.69, 9.17) is 4.74 Å². The number of carbonyl (C=O) groups excluding carboxylic acids is 1. The predicted octanol–water partition coefficient (Wildman–Crippen LogP) is 3.72. The smallest absolute Gasteiger partial charge is 0.416 e. The highest BCUT2D eigenvalue weighted by atomic mass is 32.2. The molecule has 0 aliphatic heterocycles. The second-order valence-corrected chi connectivity index (χ2v) is 8.06. The summed E-state index contributed by atoms with van der Waals surface area (Å²) in [4.78, 5) is 10.9. The highest BCUT2D eigenvalue weighted by Gasteiger charge is 2.31. The molecule has 0 heterocycles. The van der Waals surface area contributed by atoms with Crippen molar-refractivity contribution in [3.8, 4) is 0 Å². The Bertz CT molecular complexity index is 925. The Morgan fingerprint density at radius 2 is 1.66 bits per heavy atom. The summed E-state index contributed by atoms with van der Waals surface area (Å²) < 4.78 is 69.9. The summed E-state index contributed by atoms with van der Waals surface area (Å²) in [6.07, 6.45) is -3.41. The van der Waals surface area contributed by atoms with Crippen molar-refractivity contribution in [1.82, 2.24) is 4.72 Å². The average molecular weight is 429 g/mol. The fourth-order valence-electron chi connectivity index (χ4n) is 2.60.